The molecule has 0 spiro atoms. The zero-order valence-electron chi connectivity index (χ0n) is 15.9. The fourth-order valence-electron chi connectivity index (χ4n) is 5.51. The maximum Gasteiger partial charge on any atom is 0.134 e. The van der Waals surface area contributed by atoms with Crippen LogP contribution in [0, 0.1) is 5.82 Å². The SMILES string of the molecule is CC1(C)Nc2cc(F)c(-c3coc4ccccc34)cc2C2(C)CCCC12O. The number of rotatable bonds is 1. The summed E-state index contributed by atoms with van der Waals surface area (Å²) in [6, 6.07) is 11.2. The summed E-state index contributed by atoms with van der Waals surface area (Å²) in [5.41, 5.74) is 1.97. The van der Waals surface area contributed by atoms with Gasteiger partial charge in [0.25, 0.3) is 0 Å². The summed E-state index contributed by atoms with van der Waals surface area (Å²) >= 11 is 0. The van der Waals surface area contributed by atoms with Gasteiger partial charge in [0.05, 0.1) is 17.4 Å². The van der Waals surface area contributed by atoms with Gasteiger partial charge in [-0.1, -0.05) is 25.1 Å². The van der Waals surface area contributed by atoms with Crippen LogP contribution in [0.4, 0.5) is 10.1 Å². The molecule has 2 aliphatic rings. The lowest BCUT2D eigenvalue weighted by atomic mass is 9.60. The molecule has 3 nitrogen and oxygen atoms in total. The Morgan fingerprint density at radius 1 is 1.07 bits per heavy atom. The molecule has 1 aliphatic carbocycles. The van der Waals surface area contributed by atoms with Crippen molar-refractivity contribution < 1.29 is 13.9 Å². The molecule has 0 saturated heterocycles. The molecule has 2 atom stereocenters. The lowest BCUT2D eigenvalue weighted by Gasteiger charge is -2.55. The molecular formula is C23H24FNO2. The zero-order chi connectivity index (χ0) is 19.0. The monoisotopic (exact) mass is 365 g/mol. The fourth-order valence-corrected chi connectivity index (χ4v) is 5.51. The first-order valence-corrected chi connectivity index (χ1v) is 9.58. The first-order valence-electron chi connectivity index (χ1n) is 9.58. The van der Waals surface area contributed by atoms with Crippen LogP contribution in [-0.2, 0) is 5.41 Å². The van der Waals surface area contributed by atoms with Gasteiger partial charge in [0.2, 0.25) is 0 Å². The molecular weight excluding hydrogens is 341 g/mol. The van der Waals surface area contributed by atoms with Crippen molar-refractivity contribution in [3.8, 4) is 11.1 Å². The number of hydrogen-bond acceptors (Lipinski definition) is 3. The topological polar surface area (TPSA) is 45.4 Å². The smallest absolute Gasteiger partial charge is 0.134 e. The van der Waals surface area contributed by atoms with Crippen molar-refractivity contribution in [1.82, 2.24) is 0 Å². The Labute approximate surface area is 158 Å². The van der Waals surface area contributed by atoms with Gasteiger partial charge in [-0.2, -0.15) is 0 Å². The molecule has 0 radical (unpaired) electrons. The number of halogens is 1. The molecule has 3 aromatic rings. The minimum absolute atomic E-state index is 0.282. The number of fused-ring (bicyclic) bond motifs is 4. The average molecular weight is 365 g/mol. The molecule has 27 heavy (non-hydrogen) atoms. The van der Waals surface area contributed by atoms with Crippen LogP contribution in [0.5, 0.6) is 0 Å². The van der Waals surface area contributed by atoms with E-state index < -0.39 is 16.6 Å². The van der Waals surface area contributed by atoms with Crippen LogP contribution in [0.1, 0.15) is 45.6 Å². The number of para-hydroxylation sites is 1. The van der Waals surface area contributed by atoms with Gasteiger partial charge in [-0.15, -0.1) is 0 Å². The van der Waals surface area contributed by atoms with Crippen molar-refractivity contribution in [2.75, 3.05) is 5.32 Å². The highest BCUT2D eigenvalue weighted by molar-refractivity contribution is 5.94. The molecule has 1 aliphatic heterocycles. The highest BCUT2D eigenvalue weighted by Gasteiger charge is 2.62. The van der Waals surface area contributed by atoms with Crippen molar-refractivity contribution in [2.45, 2.75) is 56.6 Å². The predicted octanol–water partition coefficient (Wildman–Crippen LogP) is 5.62. The highest BCUT2D eigenvalue weighted by atomic mass is 19.1. The second-order valence-electron chi connectivity index (χ2n) is 8.82. The predicted molar refractivity (Wildman–Crippen MR) is 105 cm³/mol. The number of anilines is 1. The molecule has 0 bridgehead atoms. The van der Waals surface area contributed by atoms with Crippen LogP contribution in [0.15, 0.2) is 47.1 Å². The third-order valence-corrected chi connectivity index (χ3v) is 7.08. The second-order valence-corrected chi connectivity index (χ2v) is 8.82. The van der Waals surface area contributed by atoms with Crippen LogP contribution >= 0.6 is 0 Å². The summed E-state index contributed by atoms with van der Waals surface area (Å²) < 4.78 is 20.8. The van der Waals surface area contributed by atoms with E-state index in [-0.39, 0.29) is 5.82 Å². The van der Waals surface area contributed by atoms with Crippen LogP contribution < -0.4 is 5.32 Å². The second kappa shape index (κ2) is 5.14. The van der Waals surface area contributed by atoms with Crippen LogP contribution in [0.3, 0.4) is 0 Å². The Bertz CT molecular complexity index is 1070. The van der Waals surface area contributed by atoms with E-state index in [2.05, 4.69) is 12.2 Å². The van der Waals surface area contributed by atoms with Crippen LogP contribution in [0.2, 0.25) is 0 Å². The van der Waals surface area contributed by atoms with Crippen molar-refractivity contribution in [3.63, 3.8) is 0 Å². The van der Waals surface area contributed by atoms with Gasteiger partial charge in [-0.3, -0.25) is 0 Å². The van der Waals surface area contributed by atoms with E-state index in [9.17, 15) is 5.11 Å². The Morgan fingerprint density at radius 2 is 1.85 bits per heavy atom. The normalized spacial score (nSPS) is 28.6. The number of nitrogens with one attached hydrogen (secondary N) is 1. The number of furan rings is 1. The first kappa shape index (κ1) is 16.8. The zero-order valence-corrected chi connectivity index (χ0v) is 15.9. The molecule has 2 aromatic carbocycles. The third kappa shape index (κ3) is 1.99. The van der Waals surface area contributed by atoms with Crippen molar-refractivity contribution in [2.24, 2.45) is 0 Å². The summed E-state index contributed by atoms with van der Waals surface area (Å²) in [5, 5.41) is 15.9. The maximum atomic E-state index is 15.1. The number of hydrogen-bond donors (Lipinski definition) is 2. The van der Waals surface area contributed by atoms with Gasteiger partial charge >= 0.3 is 0 Å². The van der Waals surface area contributed by atoms with E-state index in [4.69, 9.17) is 4.42 Å². The van der Waals surface area contributed by atoms with E-state index in [1.54, 1.807) is 12.3 Å². The maximum absolute atomic E-state index is 15.1. The summed E-state index contributed by atoms with van der Waals surface area (Å²) in [6.45, 7) is 6.14. The fraction of sp³-hybridized carbons (Fsp3) is 0.391. The molecule has 2 heterocycles. The Balaban J connectivity index is 1.77. The van der Waals surface area contributed by atoms with Gasteiger partial charge in [0, 0.05) is 27.6 Å². The molecule has 5 rings (SSSR count). The van der Waals surface area contributed by atoms with Crippen LogP contribution in [0.25, 0.3) is 22.1 Å². The van der Waals surface area contributed by atoms with E-state index in [1.165, 1.54) is 0 Å². The van der Waals surface area contributed by atoms with E-state index in [0.29, 0.717) is 5.56 Å². The minimum Gasteiger partial charge on any atom is -0.464 e. The first-order chi connectivity index (χ1) is 12.8. The Morgan fingerprint density at radius 3 is 2.67 bits per heavy atom. The average Bonchev–Trinajstić information content (AvgIpc) is 3.17. The van der Waals surface area contributed by atoms with Crippen molar-refractivity contribution in [1.29, 1.82) is 0 Å². The standard InChI is InChI=1S/C23H24FNO2/c1-21(2)23(26)10-6-9-22(23,3)17-11-15(18(24)12-19(17)25-21)16-13-27-20-8-5-4-7-14(16)20/h4-5,7-8,11-13,25-26H,6,9-10H2,1-3H3. The molecule has 1 saturated carbocycles. The summed E-state index contributed by atoms with van der Waals surface area (Å²) in [6.07, 6.45) is 4.21. The Kier molecular flexibility index (Phi) is 3.20. The number of benzene rings is 2. The Hall–Kier alpha value is -2.33. The van der Waals surface area contributed by atoms with E-state index in [0.717, 1.165) is 47.0 Å². The third-order valence-electron chi connectivity index (χ3n) is 7.08. The lowest BCUT2D eigenvalue weighted by Crippen LogP contribution is -2.65. The van der Waals surface area contributed by atoms with Crippen molar-refractivity contribution >= 4 is 16.7 Å². The molecule has 1 aromatic heterocycles. The molecule has 140 valence electrons. The lowest BCUT2D eigenvalue weighted by molar-refractivity contribution is -0.0628. The van der Waals surface area contributed by atoms with E-state index >= 15 is 4.39 Å². The highest BCUT2D eigenvalue weighted by Crippen LogP contribution is 2.59. The molecule has 4 heteroatoms. The molecule has 2 N–H and O–H groups in total. The van der Waals surface area contributed by atoms with Gasteiger partial charge in [-0.05, 0) is 56.9 Å². The van der Waals surface area contributed by atoms with Crippen LogP contribution in [-0.4, -0.2) is 16.2 Å². The van der Waals surface area contributed by atoms with Gasteiger partial charge in [0.15, 0.2) is 0 Å². The number of aliphatic hydroxyl groups is 1. The van der Waals surface area contributed by atoms with Gasteiger partial charge in [0.1, 0.15) is 11.4 Å². The van der Waals surface area contributed by atoms with Gasteiger partial charge in [-0.25, -0.2) is 4.39 Å². The van der Waals surface area contributed by atoms with E-state index in [1.807, 2.05) is 44.2 Å². The summed E-state index contributed by atoms with van der Waals surface area (Å²) in [4.78, 5) is 0. The summed E-state index contributed by atoms with van der Waals surface area (Å²) in [7, 11) is 0. The largest absolute Gasteiger partial charge is 0.464 e. The quantitative estimate of drug-likeness (QED) is 0.589. The summed E-state index contributed by atoms with van der Waals surface area (Å²) in [5.74, 6) is -0.282. The molecule has 0 amide bonds. The molecule has 1 fully saturated rings. The molecule has 2 unspecified atom stereocenters. The van der Waals surface area contributed by atoms with Gasteiger partial charge < -0.3 is 14.8 Å². The van der Waals surface area contributed by atoms with Crippen molar-refractivity contribution in [3.05, 3.63) is 54.0 Å². The minimum atomic E-state index is -0.874.